The molecule has 0 spiro atoms. The molecule has 2 aromatic rings. The third kappa shape index (κ3) is 5.50. The van der Waals surface area contributed by atoms with Gasteiger partial charge >= 0.3 is 6.18 Å². The van der Waals surface area contributed by atoms with Crippen LogP contribution in [0.15, 0.2) is 54.7 Å². The molecule has 0 saturated heterocycles. The average Bonchev–Trinajstić information content (AvgIpc) is 3.23. The van der Waals surface area contributed by atoms with Crippen LogP contribution in [0.3, 0.4) is 0 Å². The van der Waals surface area contributed by atoms with E-state index in [0.29, 0.717) is 28.3 Å². The van der Waals surface area contributed by atoms with E-state index in [0.717, 1.165) is 6.07 Å². The maximum absolute atomic E-state index is 13.3. The molecule has 2 aliphatic rings. The predicted octanol–water partition coefficient (Wildman–Crippen LogP) is 5.67. The smallest absolute Gasteiger partial charge is 0.360 e. The maximum atomic E-state index is 13.3. The molecule has 2 aliphatic heterocycles. The van der Waals surface area contributed by atoms with Crippen molar-refractivity contribution in [3.8, 4) is 11.4 Å². The SMILES string of the molecule is O=C(Nc1ccc(F)c(Cl)c1)c1ccc(Nc2nc(NCC(F)(F)F)c3ccnc-3[nH]2)cc1. The average molecular weight is 479 g/mol. The van der Waals surface area contributed by atoms with Crippen molar-refractivity contribution >= 4 is 40.6 Å². The van der Waals surface area contributed by atoms with Crippen LogP contribution in [0.5, 0.6) is 0 Å². The summed E-state index contributed by atoms with van der Waals surface area (Å²) in [7, 11) is 0. The molecule has 0 radical (unpaired) electrons. The van der Waals surface area contributed by atoms with E-state index in [1.165, 1.54) is 30.5 Å². The molecule has 0 fully saturated rings. The first-order valence-electron chi connectivity index (χ1n) is 9.47. The first-order chi connectivity index (χ1) is 15.7. The number of fused-ring (bicyclic) bond motifs is 1. The summed E-state index contributed by atoms with van der Waals surface area (Å²) >= 11 is 5.72. The Balaban J connectivity index is 1.48. The van der Waals surface area contributed by atoms with Crippen molar-refractivity contribution in [2.75, 3.05) is 22.5 Å². The summed E-state index contributed by atoms with van der Waals surface area (Å²) in [6.45, 7) is -1.24. The molecule has 33 heavy (non-hydrogen) atoms. The van der Waals surface area contributed by atoms with Crippen molar-refractivity contribution in [1.29, 1.82) is 0 Å². The third-order valence-electron chi connectivity index (χ3n) is 4.46. The highest BCUT2D eigenvalue weighted by molar-refractivity contribution is 6.31. The van der Waals surface area contributed by atoms with Crippen molar-refractivity contribution in [1.82, 2.24) is 15.0 Å². The Morgan fingerprint density at radius 3 is 2.48 bits per heavy atom. The summed E-state index contributed by atoms with van der Waals surface area (Å²) in [6.07, 6.45) is -2.95. The van der Waals surface area contributed by atoms with Crippen LogP contribution < -0.4 is 16.0 Å². The fourth-order valence-corrected chi connectivity index (χ4v) is 3.11. The molecule has 0 saturated carbocycles. The Hall–Kier alpha value is -3.86. The number of aromatic nitrogens is 3. The van der Waals surface area contributed by atoms with Crippen LogP contribution in [0.25, 0.3) is 11.4 Å². The lowest BCUT2D eigenvalue weighted by atomic mass is 10.2. The van der Waals surface area contributed by atoms with Crippen molar-refractivity contribution in [2.24, 2.45) is 0 Å². The van der Waals surface area contributed by atoms with Crippen molar-refractivity contribution < 1.29 is 22.4 Å². The Morgan fingerprint density at radius 2 is 1.79 bits per heavy atom. The summed E-state index contributed by atoms with van der Waals surface area (Å²) in [6, 6.07) is 11.6. The van der Waals surface area contributed by atoms with E-state index >= 15 is 0 Å². The number of hydrogen-bond donors (Lipinski definition) is 4. The minimum atomic E-state index is -4.41. The van der Waals surface area contributed by atoms with Gasteiger partial charge in [0.15, 0.2) is 0 Å². The molecule has 0 aromatic heterocycles. The van der Waals surface area contributed by atoms with E-state index in [1.54, 1.807) is 18.2 Å². The summed E-state index contributed by atoms with van der Waals surface area (Å²) in [5.74, 6) is -0.498. The minimum Gasteiger partial charge on any atom is -0.360 e. The van der Waals surface area contributed by atoms with Gasteiger partial charge < -0.3 is 20.9 Å². The van der Waals surface area contributed by atoms with Gasteiger partial charge in [0, 0.05) is 23.1 Å². The molecule has 0 bridgehead atoms. The molecule has 2 aromatic carbocycles. The molecular weight excluding hydrogens is 464 g/mol. The van der Waals surface area contributed by atoms with Gasteiger partial charge in [0.2, 0.25) is 5.95 Å². The van der Waals surface area contributed by atoms with Gasteiger partial charge in [-0.3, -0.25) is 4.79 Å². The Kier molecular flexibility index (Phi) is 6.05. The van der Waals surface area contributed by atoms with Crippen LogP contribution in [0.1, 0.15) is 10.4 Å². The summed E-state index contributed by atoms with van der Waals surface area (Å²) in [5.41, 5.74) is 1.59. The Bertz CT molecular complexity index is 1260. The lowest BCUT2D eigenvalue weighted by Gasteiger charge is -2.14. The fraction of sp³-hybridized carbons (Fsp3) is 0.0952. The predicted molar refractivity (Wildman–Crippen MR) is 117 cm³/mol. The quantitative estimate of drug-likeness (QED) is 0.268. The second-order valence-corrected chi connectivity index (χ2v) is 7.30. The van der Waals surface area contributed by atoms with E-state index in [9.17, 15) is 22.4 Å². The second-order valence-electron chi connectivity index (χ2n) is 6.90. The number of nitrogens with zero attached hydrogens (tertiary/aromatic N) is 2. The molecule has 2 heterocycles. The molecule has 12 heteroatoms. The molecule has 7 nitrogen and oxygen atoms in total. The lowest BCUT2D eigenvalue weighted by Crippen LogP contribution is -2.22. The summed E-state index contributed by atoms with van der Waals surface area (Å²) in [4.78, 5) is 23.5. The number of halogens is 5. The highest BCUT2D eigenvalue weighted by Gasteiger charge is 2.28. The Labute approximate surface area is 189 Å². The zero-order valence-corrected chi connectivity index (χ0v) is 17.4. The van der Waals surface area contributed by atoms with Gasteiger partial charge in [0.05, 0.1) is 10.6 Å². The zero-order valence-electron chi connectivity index (χ0n) is 16.6. The zero-order chi connectivity index (χ0) is 23.6. The molecule has 4 N–H and O–H groups in total. The van der Waals surface area contributed by atoms with Gasteiger partial charge in [0.1, 0.15) is 24.0 Å². The van der Waals surface area contributed by atoms with Gasteiger partial charge in [-0.05, 0) is 48.5 Å². The van der Waals surface area contributed by atoms with Crippen LogP contribution in [-0.4, -0.2) is 33.6 Å². The van der Waals surface area contributed by atoms with Crippen LogP contribution in [0, 0.1) is 5.82 Å². The third-order valence-corrected chi connectivity index (χ3v) is 4.75. The summed E-state index contributed by atoms with van der Waals surface area (Å²) in [5, 5.41) is 7.70. The number of anilines is 4. The fourth-order valence-electron chi connectivity index (χ4n) is 2.93. The molecule has 0 atom stereocenters. The van der Waals surface area contributed by atoms with Crippen LogP contribution >= 0.6 is 11.6 Å². The Morgan fingerprint density at radius 1 is 1.06 bits per heavy atom. The number of hydrogen-bond acceptors (Lipinski definition) is 5. The monoisotopic (exact) mass is 478 g/mol. The maximum Gasteiger partial charge on any atom is 0.405 e. The first kappa shape index (κ1) is 22.3. The van der Waals surface area contributed by atoms with E-state index in [1.807, 2.05) is 0 Å². The molecule has 1 amide bonds. The van der Waals surface area contributed by atoms with Gasteiger partial charge in [-0.2, -0.15) is 18.2 Å². The van der Waals surface area contributed by atoms with Crippen LogP contribution in [0.4, 0.5) is 40.7 Å². The van der Waals surface area contributed by atoms with E-state index in [4.69, 9.17) is 11.6 Å². The number of alkyl halides is 3. The molecule has 0 aliphatic carbocycles. The number of carbonyl (C=O) groups excluding carboxylic acids is 1. The van der Waals surface area contributed by atoms with E-state index in [2.05, 4.69) is 30.9 Å². The minimum absolute atomic E-state index is 0.0232. The summed E-state index contributed by atoms with van der Waals surface area (Å²) < 4.78 is 51.1. The van der Waals surface area contributed by atoms with Gasteiger partial charge in [0.25, 0.3) is 5.91 Å². The van der Waals surface area contributed by atoms with Gasteiger partial charge in [-0.15, -0.1) is 0 Å². The topological polar surface area (TPSA) is 94.7 Å². The highest BCUT2D eigenvalue weighted by Crippen LogP contribution is 2.29. The number of rotatable bonds is 6. The number of benzene rings is 2. The number of amides is 1. The van der Waals surface area contributed by atoms with Crippen LogP contribution in [0.2, 0.25) is 5.02 Å². The molecular formula is C21H15ClF4N6O. The van der Waals surface area contributed by atoms with Gasteiger partial charge in [-0.25, -0.2) is 9.37 Å². The van der Waals surface area contributed by atoms with Crippen molar-refractivity contribution in [3.05, 3.63) is 71.1 Å². The number of aromatic amines is 1. The number of carbonyl (C=O) groups is 1. The first-order valence-corrected chi connectivity index (χ1v) is 9.84. The normalized spacial score (nSPS) is 11.4. The molecule has 170 valence electrons. The van der Waals surface area contributed by atoms with Crippen LogP contribution in [-0.2, 0) is 0 Å². The van der Waals surface area contributed by atoms with E-state index < -0.39 is 24.4 Å². The van der Waals surface area contributed by atoms with Gasteiger partial charge in [-0.1, -0.05) is 11.6 Å². The molecule has 4 rings (SSSR count). The number of H-pyrrole nitrogens is 1. The standard InChI is InChI=1S/C21H15ClF4N6O/c22-15-9-13(5-6-16(15)23)29-19(33)11-1-3-12(4-2-11)30-20-31-17-14(7-8-27-17)18(32-20)28-10-21(24,25)26/h1-9H,10H2,(H,29,33)(H3,27,28,30,31,32). The number of nitrogens with one attached hydrogen (secondary N) is 4. The molecule has 0 unspecified atom stereocenters. The lowest BCUT2D eigenvalue weighted by molar-refractivity contribution is -0.115. The van der Waals surface area contributed by atoms with E-state index in [-0.39, 0.29) is 16.8 Å². The van der Waals surface area contributed by atoms with Crippen molar-refractivity contribution in [2.45, 2.75) is 6.18 Å². The second kappa shape index (κ2) is 8.94. The largest absolute Gasteiger partial charge is 0.405 e. The highest BCUT2D eigenvalue weighted by atomic mass is 35.5. The van der Waals surface area contributed by atoms with Crippen molar-refractivity contribution in [3.63, 3.8) is 0 Å².